The van der Waals surface area contributed by atoms with Gasteiger partial charge in [0.05, 0.1) is 7.11 Å². The molecule has 0 aliphatic carbocycles. The van der Waals surface area contributed by atoms with Crippen LogP contribution in [-0.2, 0) is 0 Å². The van der Waals surface area contributed by atoms with E-state index in [0.29, 0.717) is 22.6 Å². The van der Waals surface area contributed by atoms with Crippen LogP contribution in [0.25, 0.3) is 0 Å². The van der Waals surface area contributed by atoms with Gasteiger partial charge in [-0.3, -0.25) is 4.79 Å². The molecule has 27 heavy (non-hydrogen) atoms. The average Bonchev–Trinajstić information content (AvgIpc) is 2.70. The van der Waals surface area contributed by atoms with Gasteiger partial charge in [-0.2, -0.15) is 0 Å². The number of esters is 1. The van der Waals surface area contributed by atoms with Crippen molar-refractivity contribution in [1.82, 2.24) is 0 Å². The first kappa shape index (κ1) is 18.2. The van der Waals surface area contributed by atoms with Crippen molar-refractivity contribution in [2.75, 3.05) is 12.4 Å². The molecule has 0 radical (unpaired) electrons. The van der Waals surface area contributed by atoms with Crippen LogP contribution in [0.3, 0.4) is 0 Å². The van der Waals surface area contributed by atoms with Gasteiger partial charge in [0.2, 0.25) is 0 Å². The number of ether oxygens (including phenoxy) is 2. The standard InChI is InChI=1S/C22H19NO4/c1-15-7-11-17(12-8-15)23-21(24)16-9-13-18(14-10-16)27-22(25)19-5-3-4-6-20(19)26-2/h3-14H,1-2H3,(H,23,24). The lowest BCUT2D eigenvalue weighted by molar-refractivity contribution is 0.0731. The van der Waals surface area contributed by atoms with Gasteiger partial charge in [0, 0.05) is 11.3 Å². The second-order valence-corrected chi connectivity index (χ2v) is 5.93. The Labute approximate surface area is 157 Å². The van der Waals surface area contributed by atoms with Crippen LogP contribution in [-0.4, -0.2) is 19.0 Å². The van der Waals surface area contributed by atoms with Gasteiger partial charge < -0.3 is 14.8 Å². The van der Waals surface area contributed by atoms with Gasteiger partial charge in [0.25, 0.3) is 5.91 Å². The molecule has 3 rings (SSSR count). The summed E-state index contributed by atoms with van der Waals surface area (Å²) in [5.74, 6) is 0.0279. The minimum absolute atomic E-state index is 0.235. The van der Waals surface area contributed by atoms with Crippen LogP contribution in [0.1, 0.15) is 26.3 Å². The Morgan fingerprint density at radius 2 is 1.52 bits per heavy atom. The molecule has 5 nitrogen and oxygen atoms in total. The van der Waals surface area contributed by atoms with Crippen LogP contribution in [0.15, 0.2) is 72.8 Å². The van der Waals surface area contributed by atoms with Crippen molar-refractivity contribution in [3.63, 3.8) is 0 Å². The van der Waals surface area contributed by atoms with E-state index in [2.05, 4.69) is 5.32 Å². The van der Waals surface area contributed by atoms with Gasteiger partial charge in [-0.15, -0.1) is 0 Å². The molecule has 0 atom stereocenters. The molecular formula is C22H19NO4. The zero-order valence-electron chi connectivity index (χ0n) is 15.1. The van der Waals surface area contributed by atoms with Crippen LogP contribution in [0.4, 0.5) is 5.69 Å². The lowest BCUT2D eigenvalue weighted by Gasteiger charge is -2.09. The zero-order valence-corrected chi connectivity index (χ0v) is 15.1. The summed E-state index contributed by atoms with van der Waals surface area (Å²) in [4.78, 5) is 24.6. The van der Waals surface area contributed by atoms with Gasteiger partial charge in [0.1, 0.15) is 17.1 Å². The summed E-state index contributed by atoms with van der Waals surface area (Å²) in [6.07, 6.45) is 0. The highest BCUT2D eigenvalue weighted by atomic mass is 16.5. The fourth-order valence-electron chi connectivity index (χ4n) is 2.49. The molecule has 3 aromatic rings. The van der Waals surface area contributed by atoms with Crippen molar-refractivity contribution < 1.29 is 19.1 Å². The summed E-state index contributed by atoms with van der Waals surface area (Å²) < 4.78 is 10.5. The molecule has 0 saturated carbocycles. The molecule has 0 saturated heterocycles. The Balaban J connectivity index is 1.67. The van der Waals surface area contributed by atoms with Crippen LogP contribution in [0.5, 0.6) is 11.5 Å². The average molecular weight is 361 g/mol. The molecule has 0 spiro atoms. The maximum Gasteiger partial charge on any atom is 0.347 e. The number of benzene rings is 3. The predicted molar refractivity (Wildman–Crippen MR) is 104 cm³/mol. The highest BCUT2D eigenvalue weighted by Gasteiger charge is 2.14. The molecule has 0 unspecified atom stereocenters. The van der Waals surface area contributed by atoms with Crippen molar-refractivity contribution in [2.24, 2.45) is 0 Å². The number of nitrogens with one attached hydrogen (secondary N) is 1. The van der Waals surface area contributed by atoms with Gasteiger partial charge in [-0.25, -0.2) is 4.79 Å². The summed E-state index contributed by atoms with van der Waals surface area (Å²) >= 11 is 0. The van der Waals surface area contributed by atoms with Crippen LogP contribution in [0, 0.1) is 6.92 Å². The lowest BCUT2D eigenvalue weighted by atomic mass is 10.2. The summed E-state index contributed by atoms with van der Waals surface area (Å²) in [5, 5.41) is 2.82. The molecule has 1 amide bonds. The van der Waals surface area contributed by atoms with Crippen LogP contribution < -0.4 is 14.8 Å². The minimum Gasteiger partial charge on any atom is -0.496 e. The molecule has 0 bridgehead atoms. The largest absolute Gasteiger partial charge is 0.496 e. The second kappa shape index (κ2) is 8.19. The van der Waals surface area contributed by atoms with E-state index in [1.807, 2.05) is 31.2 Å². The molecule has 5 heteroatoms. The Hall–Kier alpha value is -3.60. The number of carbonyl (C=O) groups excluding carboxylic acids is 2. The third-order valence-electron chi connectivity index (χ3n) is 3.96. The first-order valence-corrected chi connectivity index (χ1v) is 8.40. The SMILES string of the molecule is COc1ccccc1C(=O)Oc1ccc(C(=O)Nc2ccc(C)cc2)cc1. The van der Waals surface area contributed by atoms with Crippen molar-refractivity contribution >= 4 is 17.6 Å². The van der Waals surface area contributed by atoms with E-state index in [9.17, 15) is 9.59 Å². The first-order chi connectivity index (χ1) is 13.1. The predicted octanol–water partition coefficient (Wildman–Crippen LogP) is 4.48. The maximum absolute atomic E-state index is 12.3. The van der Waals surface area contributed by atoms with Gasteiger partial charge in [-0.05, 0) is 55.5 Å². The van der Waals surface area contributed by atoms with Crippen molar-refractivity contribution in [3.05, 3.63) is 89.5 Å². The Morgan fingerprint density at radius 1 is 0.852 bits per heavy atom. The van der Waals surface area contributed by atoms with E-state index < -0.39 is 5.97 Å². The normalized spacial score (nSPS) is 10.1. The number of methoxy groups -OCH3 is 1. The van der Waals surface area contributed by atoms with Crippen LogP contribution in [0.2, 0.25) is 0 Å². The summed E-state index contributed by atoms with van der Waals surface area (Å²) in [7, 11) is 1.49. The number of amides is 1. The number of para-hydroxylation sites is 1. The third kappa shape index (κ3) is 4.52. The van der Waals surface area contributed by atoms with E-state index in [1.165, 1.54) is 7.11 Å². The van der Waals surface area contributed by atoms with E-state index in [1.54, 1.807) is 48.5 Å². The molecule has 0 heterocycles. The lowest BCUT2D eigenvalue weighted by Crippen LogP contribution is -2.12. The van der Waals surface area contributed by atoms with E-state index in [-0.39, 0.29) is 5.91 Å². The smallest absolute Gasteiger partial charge is 0.347 e. The fraction of sp³-hybridized carbons (Fsp3) is 0.0909. The number of anilines is 1. The molecule has 0 aliphatic heterocycles. The number of carbonyl (C=O) groups is 2. The Morgan fingerprint density at radius 3 is 2.19 bits per heavy atom. The van der Waals surface area contributed by atoms with Crippen molar-refractivity contribution in [3.8, 4) is 11.5 Å². The third-order valence-corrected chi connectivity index (χ3v) is 3.96. The quantitative estimate of drug-likeness (QED) is 0.538. The van der Waals surface area contributed by atoms with Crippen molar-refractivity contribution in [2.45, 2.75) is 6.92 Å². The van der Waals surface area contributed by atoms with E-state index in [4.69, 9.17) is 9.47 Å². The number of rotatable bonds is 5. The van der Waals surface area contributed by atoms with E-state index >= 15 is 0 Å². The number of aryl methyl sites for hydroxylation is 1. The van der Waals surface area contributed by atoms with Gasteiger partial charge in [0.15, 0.2) is 0 Å². The molecule has 0 aromatic heterocycles. The number of hydrogen-bond acceptors (Lipinski definition) is 4. The highest BCUT2D eigenvalue weighted by Crippen LogP contribution is 2.21. The Kier molecular flexibility index (Phi) is 5.52. The minimum atomic E-state index is -0.524. The molecule has 136 valence electrons. The zero-order chi connectivity index (χ0) is 19.2. The molecule has 0 aliphatic rings. The van der Waals surface area contributed by atoms with Crippen molar-refractivity contribution in [1.29, 1.82) is 0 Å². The topological polar surface area (TPSA) is 64.6 Å². The number of hydrogen-bond donors (Lipinski definition) is 1. The van der Waals surface area contributed by atoms with Crippen LogP contribution >= 0.6 is 0 Å². The molecular weight excluding hydrogens is 342 g/mol. The monoisotopic (exact) mass is 361 g/mol. The molecule has 3 aromatic carbocycles. The second-order valence-electron chi connectivity index (χ2n) is 5.93. The molecule has 1 N–H and O–H groups in total. The van der Waals surface area contributed by atoms with E-state index in [0.717, 1.165) is 11.3 Å². The summed E-state index contributed by atoms with van der Waals surface area (Å²) in [6.45, 7) is 1.98. The fourth-order valence-corrected chi connectivity index (χ4v) is 2.49. The maximum atomic E-state index is 12.3. The molecule has 0 fully saturated rings. The summed E-state index contributed by atoms with van der Waals surface area (Å²) in [6, 6.07) is 20.7. The summed E-state index contributed by atoms with van der Waals surface area (Å²) in [5.41, 5.74) is 2.64. The van der Waals surface area contributed by atoms with Gasteiger partial charge >= 0.3 is 5.97 Å². The Bertz CT molecular complexity index is 947. The first-order valence-electron chi connectivity index (χ1n) is 8.40. The highest BCUT2D eigenvalue weighted by molar-refractivity contribution is 6.04. The van der Waals surface area contributed by atoms with Gasteiger partial charge in [-0.1, -0.05) is 29.8 Å².